The second-order valence-electron chi connectivity index (χ2n) is 7.09. The Morgan fingerprint density at radius 1 is 1.06 bits per heavy atom. The van der Waals surface area contributed by atoms with Gasteiger partial charge in [0, 0.05) is 6.08 Å². The van der Waals surface area contributed by atoms with Crippen molar-refractivity contribution < 1.29 is 9.21 Å². The van der Waals surface area contributed by atoms with Crippen LogP contribution in [0.5, 0.6) is 0 Å². The third kappa shape index (κ3) is 4.75. The van der Waals surface area contributed by atoms with Crippen molar-refractivity contribution in [3.05, 3.63) is 80.9 Å². The number of halogens is 2. The number of carbonyl (C=O) groups excluding carboxylic acids is 1. The summed E-state index contributed by atoms with van der Waals surface area (Å²) in [5, 5.41) is 1.00. The Morgan fingerprint density at radius 2 is 1.77 bits per heavy atom. The molecule has 3 nitrogen and oxygen atoms in total. The summed E-state index contributed by atoms with van der Waals surface area (Å²) in [6.45, 7) is 2.17. The summed E-state index contributed by atoms with van der Waals surface area (Å²) in [5.41, 5.74) is 2.66. The van der Waals surface area contributed by atoms with Crippen molar-refractivity contribution in [2.75, 3.05) is 4.90 Å². The molecule has 1 fully saturated rings. The van der Waals surface area contributed by atoms with Crippen molar-refractivity contribution in [1.82, 2.24) is 0 Å². The van der Waals surface area contributed by atoms with Crippen LogP contribution in [0.2, 0.25) is 10.0 Å². The van der Waals surface area contributed by atoms with E-state index in [-0.39, 0.29) is 5.91 Å². The topological polar surface area (TPSA) is 33.5 Å². The van der Waals surface area contributed by atoms with Crippen LogP contribution in [0.1, 0.15) is 31.1 Å². The van der Waals surface area contributed by atoms with Gasteiger partial charge in [-0.1, -0.05) is 78.7 Å². The van der Waals surface area contributed by atoms with Crippen LogP contribution in [0.4, 0.5) is 5.69 Å². The van der Waals surface area contributed by atoms with E-state index in [4.69, 9.17) is 39.8 Å². The Kier molecular flexibility index (Phi) is 6.87. The standard InChI is InChI=1S/C24H19Cl2NO2S2/c1-2-3-5-15-8-10-16(11-9-15)27-23(28)21(31-24(27)30)14-17-12-13-20(29-17)22-18(25)6-4-7-19(22)26/h4,6-14H,2-3,5H2,1H3/b21-14+. The van der Waals surface area contributed by atoms with Crippen molar-refractivity contribution in [3.63, 3.8) is 0 Å². The Bertz CT molecular complexity index is 1150. The van der Waals surface area contributed by atoms with Crippen LogP contribution >= 0.6 is 47.2 Å². The number of thioether (sulfide) groups is 1. The Labute approximate surface area is 201 Å². The molecule has 0 spiro atoms. The van der Waals surface area contributed by atoms with Gasteiger partial charge in [0.25, 0.3) is 5.91 Å². The number of aryl methyl sites for hydroxylation is 1. The molecule has 1 aromatic heterocycles. The van der Waals surface area contributed by atoms with Crippen LogP contribution in [-0.4, -0.2) is 10.2 Å². The first-order valence-electron chi connectivity index (χ1n) is 9.89. The van der Waals surface area contributed by atoms with Gasteiger partial charge in [-0.15, -0.1) is 0 Å². The number of hydrogen-bond donors (Lipinski definition) is 0. The lowest BCUT2D eigenvalue weighted by molar-refractivity contribution is -0.113. The molecule has 1 aliphatic heterocycles. The van der Waals surface area contributed by atoms with Gasteiger partial charge in [-0.2, -0.15) is 0 Å². The normalized spacial score (nSPS) is 15.3. The Hall–Kier alpha value is -2.05. The zero-order chi connectivity index (χ0) is 22.0. The van der Waals surface area contributed by atoms with E-state index in [1.54, 1.807) is 41.3 Å². The first kappa shape index (κ1) is 22.2. The van der Waals surface area contributed by atoms with Crippen molar-refractivity contribution in [1.29, 1.82) is 0 Å². The van der Waals surface area contributed by atoms with Crippen LogP contribution < -0.4 is 4.90 Å². The average molecular weight is 488 g/mol. The van der Waals surface area contributed by atoms with Gasteiger partial charge in [0.15, 0.2) is 4.32 Å². The van der Waals surface area contributed by atoms with E-state index >= 15 is 0 Å². The summed E-state index contributed by atoms with van der Waals surface area (Å²) < 4.78 is 6.40. The van der Waals surface area contributed by atoms with Crippen molar-refractivity contribution >= 4 is 69.2 Å². The van der Waals surface area contributed by atoms with Gasteiger partial charge < -0.3 is 4.42 Å². The molecular weight excluding hydrogens is 469 g/mol. The van der Waals surface area contributed by atoms with Crippen LogP contribution in [0.25, 0.3) is 17.4 Å². The van der Waals surface area contributed by atoms with Crippen LogP contribution in [0.3, 0.4) is 0 Å². The molecule has 3 aromatic rings. The minimum Gasteiger partial charge on any atom is -0.457 e. The third-order valence-corrected chi connectivity index (χ3v) is 6.85. The van der Waals surface area contributed by atoms with Gasteiger partial charge in [0.05, 0.1) is 26.2 Å². The molecule has 1 saturated heterocycles. The number of benzene rings is 2. The molecule has 2 aromatic carbocycles. The first-order valence-corrected chi connectivity index (χ1v) is 11.9. The molecule has 0 bridgehead atoms. The van der Waals surface area contributed by atoms with E-state index in [1.807, 2.05) is 12.1 Å². The molecule has 158 valence electrons. The molecule has 1 amide bonds. The average Bonchev–Trinajstić information content (AvgIpc) is 3.31. The second kappa shape index (κ2) is 9.61. The quantitative estimate of drug-likeness (QED) is 0.260. The number of hydrogen-bond acceptors (Lipinski definition) is 4. The maximum absolute atomic E-state index is 13.0. The number of nitrogens with zero attached hydrogens (tertiary/aromatic N) is 1. The summed E-state index contributed by atoms with van der Waals surface area (Å²) in [7, 11) is 0. The molecule has 31 heavy (non-hydrogen) atoms. The highest BCUT2D eigenvalue weighted by molar-refractivity contribution is 8.27. The lowest BCUT2D eigenvalue weighted by Gasteiger charge is -2.15. The zero-order valence-electron chi connectivity index (χ0n) is 16.7. The summed E-state index contributed by atoms with van der Waals surface area (Å²) in [5.74, 6) is 0.909. The molecule has 0 radical (unpaired) electrons. The van der Waals surface area contributed by atoms with Gasteiger partial charge in [0.1, 0.15) is 11.5 Å². The molecule has 0 aliphatic carbocycles. The molecule has 0 unspecified atom stereocenters. The fraction of sp³-hybridized carbons (Fsp3) is 0.167. The van der Waals surface area contributed by atoms with Crippen LogP contribution in [-0.2, 0) is 11.2 Å². The van der Waals surface area contributed by atoms with Crippen molar-refractivity contribution in [2.45, 2.75) is 26.2 Å². The molecule has 0 N–H and O–H groups in total. The number of unbranched alkanes of at least 4 members (excludes halogenated alkanes) is 1. The van der Waals surface area contributed by atoms with E-state index < -0.39 is 0 Å². The fourth-order valence-electron chi connectivity index (χ4n) is 3.31. The molecule has 0 atom stereocenters. The highest BCUT2D eigenvalue weighted by atomic mass is 35.5. The lowest BCUT2D eigenvalue weighted by atomic mass is 10.1. The SMILES string of the molecule is CCCCc1ccc(N2C(=O)/C(=C\c3ccc(-c4c(Cl)cccc4Cl)o3)SC2=S)cc1. The van der Waals surface area contributed by atoms with E-state index in [9.17, 15) is 4.79 Å². The highest BCUT2D eigenvalue weighted by Gasteiger charge is 2.33. The number of furan rings is 1. The number of anilines is 1. The molecule has 2 heterocycles. The summed E-state index contributed by atoms with van der Waals surface area (Å²) >= 11 is 19.3. The van der Waals surface area contributed by atoms with Gasteiger partial charge in [0.2, 0.25) is 0 Å². The fourth-order valence-corrected chi connectivity index (χ4v) is 5.17. The smallest absolute Gasteiger partial charge is 0.270 e. The molecule has 7 heteroatoms. The minimum atomic E-state index is -0.162. The summed E-state index contributed by atoms with van der Waals surface area (Å²) in [4.78, 5) is 15.1. The predicted octanol–water partition coefficient (Wildman–Crippen LogP) is 8.00. The second-order valence-corrected chi connectivity index (χ2v) is 9.58. The zero-order valence-corrected chi connectivity index (χ0v) is 19.9. The Morgan fingerprint density at radius 3 is 2.45 bits per heavy atom. The van der Waals surface area contributed by atoms with E-state index in [2.05, 4.69) is 19.1 Å². The monoisotopic (exact) mass is 487 g/mol. The lowest BCUT2D eigenvalue weighted by Crippen LogP contribution is -2.27. The van der Waals surface area contributed by atoms with E-state index in [0.717, 1.165) is 24.9 Å². The number of rotatable bonds is 6. The molecule has 0 saturated carbocycles. The van der Waals surface area contributed by atoms with Crippen molar-refractivity contribution in [2.24, 2.45) is 0 Å². The van der Waals surface area contributed by atoms with E-state index in [1.165, 1.54) is 17.3 Å². The number of carbonyl (C=O) groups is 1. The number of thiocarbonyl (C=S) groups is 1. The van der Waals surface area contributed by atoms with Gasteiger partial charge >= 0.3 is 0 Å². The van der Waals surface area contributed by atoms with E-state index in [0.29, 0.717) is 36.4 Å². The minimum absolute atomic E-state index is 0.162. The highest BCUT2D eigenvalue weighted by Crippen LogP contribution is 2.38. The van der Waals surface area contributed by atoms with Gasteiger partial charge in [-0.05, 0) is 54.8 Å². The van der Waals surface area contributed by atoms with Gasteiger partial charge in [-0.3, -0.25) is 9.69 Å². The summed E-state index contributed by atoms with van der Waals surface area (Å²) in [6, 6.07) is 16.9. The largest absolute Gasteiger partial charge is 0.457 e. The maximum atomic E-state index is 13.0. The molecular formula is C24H19Cl2NO2S2. The molecule has 1 aliphatic rings. The maximum Gasteiger partial charge on any atom is 0.270 e. The number of amides is 1. The van der Waals surface area contributed by atoms with Gasteiger partial charge in [-0.25, -0.2) is 0 Å². The van der Waals surface area contributed by atoms with Crippen LogP contribution in [0.15, 0.2) is 63.9 Å². The van der Waals surface area contributed by atoms with Crippen LogP contribution in [0, 0.1) is 0 Å². The molecule has 4 rings (SSSR count). The summed E-state index contributed by atoms with van der Waals surface area (Å²) in [6.07, 6.45) is 5.03. The van der Waals surface area contributed by atoms with Crippen molar-refractivity contribution in [3.8, 4) is 11.3 Å². The first-order chi connectivity index (χ1) is 15.0. The Balaban J connectivity index is 1.56. The third-order valence-electron chi connectivity index (χ3n) is 4.92. The predicted molar refractivity (Wildman–Crippen MR) is 135 cm³/mol.